The zero-order valence-electron chi connectivity index (χ0n) is 7.32. The standard InChI is InChI=1S/C9H12N2O2/c1-6(12)9(13)11-8-4-2-7(10)3-5-8/h2-6,12H,10H2,1H3,(H,11,13). The van der Waals surface area contributed by atoms with Gasteiger partial charge in [0.05, 0.1) is 0 Å². The minimum atomic E-state index is -1.00. The number of benzene rings is 1. The van der Waals surface area contributed by atoms with Crippen LogP contribution in [0.1, 0.15) is 6.92 Å². The minimum absolute atomic E-state index is 0.426. The highest BCUT2D eigenvalue weighted by Crippen LogP contribution is 2.10. The predicted octanol–water partition coefficient (Wildman–Crippen LogP) is 0.588. The van der Waals surface area contributed by atoms with Crippen molar-refractivity contribution in [2.24, 2.45) is 0 Å². The third kappa shape index (κ3) is 2.76. The van der Waals surface area contributed by atoms with Crippen LogP contribution in [0.2, 0.25) is 0 Å². The fourth-order valence-corrected chi connectivity index (χ4v) is 0.813. The van der Waals surface area contributed by atoms with Gasteiger partial charge in [0.25, 0.3) is 5.91 Å². The van der Waals surface area contributed by atoms with Gasteiger partial charge in [0, 0.05) is 11.4 Å². The molecule has 0 aromatic heterocycles. The van der Waals surface area contributed by atoms with Crippen molar-refractivity contribution in [2.75, 3.05) is 11.1 Å². The molecular weight excluding hydrogens is 168 g/mol. The van der Waals surface area contributed by atoms with Crippen LogP contribution in [-0.4, -0.2) is 17.1 Å². The van der Waals surface area contributed by atoms with Gasteiger partial charge in [-0.05, 0) is 31.2 Å². The summed E-state index contributed by atoms with van der Waals surface area (Å²) in [7, 11) is 0. The molecule has 0 aliphatic rings. The van der Waals surface area contributed by atoms with Crippen molar-refractivity contribution in [2.45, 2.75) is 13.0 Å². The number of hydrogen-bond donors (Lipinski definition) is 3. The van der Waals surface area contributed by atoms with Gasteiger partial charge in [-0.2, -0.15) is 0 Å². The molecule has 0 aliphatic carbocycles. The van der Waals surface area contributed by atoms with E-state index in [0.29, 0.717) is 11.4 Å². The van der Waals surface area contributed by atoms with Crippen LogP contribution in [0.4, 0.5) is 11.4 Å². The molecule has 0 heterocycles. The maximum Gasteiger partial charge on any atom is 0.252 e. The van der Waals surface area contributed by atoms with E-state index in [1.807, 2.05) is 0 Å². The Bertz CT molecular complexity index is 293. The molecule has 1 rings (SSSR count). The molecule has 4 nitrogen and oxygen atoms in total. The van der Waals surface area contributed by atoms with Crippen LogP contribution >= 0.6 is 0 Å². The highest BCUT2D eigenvalue weighted by Gasteiger charge is 2.07. The van der Waals surface area contributed by atoms with Gasteiger partial charge in [0.1, 0.15) is 6.10 Å². The molecule has 0 saturated carbocycles. The number of amides is 1. The molecule has 13 heavy (non-hydrogen) atoms. The van der Waals surface area contributed by atoms with Crippen molar-refractivity contribution < 1.29 is 9.90 Å². The van der Waals surface area contributed by atoms with Crippen molar-refractivity contribution in [1.29, 1.82) is 0 Å². The van der Waals surface area contributed by atoms with Crippen LogP contribution < -0.4 is 11.1 Å². The number of carbonyl (C=O) groups is 1. The second-order valence-corrected chi connectivity index (χ2v) is 2.79. The first-order valence-corrected chi connectivity index (χ1v) is 3.94. The molecular formula is C9H12N2O2. The summed E-state index contributed by atoms with van der Waals surface area (Å²) in [6.07, 6.45) is -1.00. The van der Waals surface area contributed by atoms with Crippen molar-refractivity contribution in [1.82, 2.24) is 0 Å². The topological polar surface area (TPSA) is 75.3 Å². The molecule has 0 saturated heterocycles. The fraction of sp³-hybridized carbons (Fsp3) is 0.222. The first-order valence-electron chi connectivity index (χ1n) is 3.94. The Hall–Kier alpha value is -1.55. The largest absolute Gasteiger partial charge is 0.399 e. The van der Waals surface area contributed by atoms with Crippen molar-refractivity contribution in [3.8, 4) is 0 Å². The summed E-state index contributed by atoms with van der Waals surface area (Å²) >= 11 is 0. The van der Waals surface area contributed by atoms with Crippen LogP contribution in [0.25, 0.3) is 0 Å². The van der Waals surface area contributed by atoms with Gasteiger partial charge in [0.15, 0.2) is 0 Å². The number of aliphatic hydroxyl groups is 1. The lowest BCUT2D eigenvalue weighted by Gasteiger charge is -2.06. The van der Waals surface area contributed by atoms with Gasteiger partial charge in [0.2, 0.25) is 0 Å². The predicted molar refractivity (Wildman–Crippen MR) is 51.2 cm³/mol. The third-order valence-corrected chi connectivity index (χ3v) is 1.56. The Morgan fingerprint density at radius 3 is 2.46 bits per heavy atom. The van der Waals surface area contributed by atoms with Crippen LogP contribution in [0.5, 0.6) is 0 Å². The maximum absolute atomic E-state index is 11.0. The Labute approximate surface area is 76.4 Å². The lowest BCUT2D eigenvalue weighted by Crippen LogP contribution is -2.24. The molecule has 1 aromatic carbocycles. The third-order valence-electron chi connectivity index (χ3n) is 1.56. The number of anilines is 2. The lowest BCUT2D eigenvalue weighted by atomic mass is 10.2. The highest BCUT2D eigenvalue weighted by molar-refractivity contribution is 5.93. The summed E-state index contributed by atoms with van der Waals surface area (Å²) in [5.74, 6) is -0.426. The molecule has 1 aromatic rings. The first kappa shape index (κ1) is 9.54. The molecule has 0 radical (unpaired) electrons. The molecule has 0 spiro atoms. The van der Waals surface area contributed by atoms with Gasteiger partial charge in [-0.25, -0.2) is 0 Å². The van der Waals surface area contributed by atoms with E-state index in [2.05, 4.69) is 5.32 Å². The van der Waals surface area contributed by atoms with Crippen LogP contribution in [0, 0.1) is 0 Å². The van der Waals surface area contributed by atoms with E-state index in [9.17, 15) is 4.79 Å². The molecule has 0 bridgehead atoms. The highest BCUT2D eigenvalue weighted by atomic mass is 16.3. The minimum Gasteiger partial charge on any atom is -0.399 e. The van der Waals surface area contributed by atoms with E-state index in [0.717, 1.165) is 0 Å². The normalized spacial score (nSPS) is 12.2. The lowest BCUT2D eigenvalue weighted by molar-refractivity contribution is -0.123. The molecule has 0 aliphatic heterocycles. The quantitative estimate of drug-likeness (QED) is 0.583. The monoisotopic (exact) mass is 180 g/mol. The van der Waals surface area contributed by atoms with Crippen LogP contribution in [0.15, 0.2) is 24.3 Å². The number of rotatable bonds is 2. The van der Waals surface area contributed by atoms with Crippen LogP contribution in [0.3, 0.4) is 0 Å². The summed E-state index contributed by atoms with van der Waals surface area (Å²) in [6.45, 7) is 1.41. The summed E-state index contributed by atoms with van der Waals surface area (Å²) < 4.78 is 0. The number of nitrogen functional groups attached to an aromatic ring is 1. The Kier molecular flexibility index (Phi) is 2.87. The van der Waals surface area contributed by atoms with E-state index in [1.54, 1.807) is 24.3 Å². The van der Waals surface area contributed by atoms with Crippen molar-refractivity contribution >= 4 is 17.3 Å². The van der Waals surface area contributed by atoms with E-state index in [4.69, 9.17) is 10.8 Å². The maximum atomic E-state index is 11.0. The zero-order chi connectivity index (χ0) is 9.84. The van der Waals surface area contributed by atoms with Gasteiger partial charge in [-0.3, -0.25) is 4.79 Å². The number of hydrogen-bond acceptors (Lipinski definition) is 3. The summed E-state index contributed by atoms with van der Waals surface area (Å²) in [5, 5.41) is 11.4. The molecule has 1 atom stereocenters. The number of nitrogens with two attached hydrogens (primary N) is 1. The first-order chi connectivity index (χ1) is 6.09. The number of carbonyl (C=O) groups excluding carboxylic acids is 1. The van der Waals surface area contributed by atoms with E-state index >= 15 is 0 Å². The van der Waals surface area contributed by atoms with Crippen molar-refractivity contribution in [3.63, 3.8) is 0 Å². The fourth-order valence-electron chi connectivity index (χ4n) is 0.813. The van der Waals surface area contributed by atoms with Crippen LogP contribution in [-0.2, 0) is 4.79 Å². The summed E-state index contributed by atoms with van der Waals surface area (Å²) in [6, 6.07) is 6.71. The van der Waals surface area contributed by atoms with Gasteiger partial charge < -0.3 is 16.2 Å². The SMILES string of the molecule is CC(O)C(=O)Nc1ccc(N)cc1. The van der Waals surface area contributed by atoms with E-state index in [-0.39, 0.29) is 0 Å². The molecule has 0 fully saturated rings. The molecule has 4 N–H and O–H groups in total. The van der Waals surface area contributed by atoms with Gasteiger partial charge >= 0.3 is 0 Å². The van der Waals surface area contributed by atoms with E-state index in [1.165, 1.54) is 6.92 Å². The Morgan fingerprint density at radius 1 is 1.46 bits per heavy atom. The molecule has 1 amide bonds. The van der Waals surface area contributed by atoms with E-state index < -0.39 is 12.0 Å². The summed E-state index contributed by atoms with van der Waals surface area (Å²) in [4.78, 5) is 11.0. The van der Waals surface area contributed by atoms with Crippen molar-refractivity contribution in [3.05, 3.63) is 24.3 Å². The van der Waals surface area contributed by atoms with Gasteiger partial charge in [-0.1, -0.05) is 0 Å². The average molecular weight is 180 g/mol. The zero-order valence-corrected chi connectivity index (χ0v) is 7.32. The number of nitrogens with one attached hydrogen (secondary N) is 1. The molecule has 70 valence electrons. The average Bonchev–Trinajstić information content (AvgIpc) is 2.08. The smallest absolute Gasteiger partial charge is 0.252 e. The molecule has 1 unspecified atom stereocenters. The Morgan fingerprint density at radius 2 is 2.00 bits per heavy atom. The summed E-state index contributed by atoms with van der Waals surface area (Å²) in [5.41, 5.74) is 6.71. The molecule has 4 heteroatoms. The Balaban J connectivity index is 2.65. The number of aliphatic hydroxyl groups excluding tert-OH is 1. The second-order valence-electron chi connectivity index (χ2n) is 2.79. The van der Waals surface area contributed by atoms with Gasteiger partial charge in [-0.15, -0.1) is 0 Å². The second kappa shape index (κ2) is 3.91.